The van der Waals surface area contributed by atoms with Gasteiger partial charge in [-0.2, -0.15) is 0 Å². The number of morpholine rings is 1. The van der Waals surface area contributed by atoms with E-state index in [9.17, 15) is 9.59 Å². The van der Waals surface area contributed by atoms with E-state index in [0.717, 1.165) is 0 Å². The van der Waals surface area contributed by atoms with Crippen LogP contribution in [0.1, 0.15) is 19.5 Å². The zero-order valence-electron chi connectivity index (χ0n) is 16.1. The van der Waals surface area contributed by atoms with Gasteiger partial charge in [-0.1, -0.05) is 12.1 Å². The van der Waals surface area contributed by atoms with Gasteiger partial charge in [-0.3, -0.25) is 10.1 Å². The summed E-state index contributed by atoms with van der Waals surface area (Å²) < 4.78 is 10.9. The van der Waals surface area contributed by atoms with Gasteiger partial charge in [0.1, 0.15) is 5.75 Å². The van der Waals surface area contributed by atoms with Crippen LogP contribution in [0.15, 0.2) is 29.6 Å². The van der Waals surface area contributed by atoms with Gasteiger partial charge >= 0.3 is 6.03 Å². The number of nitrogens with one attached hydrogen (secondary N) is 2. The van der Waals surface area contributed by atoms with Crippen molar-refractivity contribution in [3.8, 4) is 5.75 Å². The second-order valence-electron chi connectivity index (χ2n) is 6.66. The molecule has 1 fully saturated rings. The maximum absolute atomic E-state index is 12.5. The normalized spacial score (nSPS) is 19.2. The highest BCUT2D eigenvalue weighted by Crippen LogP contribution is 2.24. The van der Waals surface area contributed by atoms with Crippen LogP contribution >= 0.6 is 11.3 Å². The predicted molar refractivity (Wildman–Crippen MR) is 108 cm³/mol. The minimum Gasteiger partial charge on any atom is -0.495 e. The van der Waals surface area contributed by atoms with Crippen molar-refractivity contribution in [2.24, 2.45) is 0 Å². The summed E-state index contributed by atoms with van der Waals surface area (Å²) in [4.78, 5) is 30.9. The summed E-state index contributed by atoms with van der Waals surface area (Å²) >= 11 is 1.28. The summed E-state index contributed by atoms with van der Waals surface area (Å²) in [6.07, 6.45) is 0.254. The first kappa shape index (κ1) is 20.1. The first-order valence-corrected chi connectivity index (χ1v) is 9.91. The number of para-hydroxylation sites is 2. The van der Waals surface area contributed by atoms with E-state index in [4.69, 9.17) is 9.47 Å². The smallest absolute Gasteiger partial charge is 0.325 e. The van der Waals surface area contributed by atoms with Crippen LogP contribution in [-0.2, 0) is 16.0 Å². The fourth-order valence-corrected chi connectivity index (χ4v) is 3.80. The lowest BCUT2D eigenvalue weighted by atomic mass is 10.2. The van der Waals surface area contributed by atoms with Gasteiger partial charge in [0.05, 0.1) is 37.1 Å². The van der Waals surface area contributed by atoms with Crippen LogP contribution in [0, 0.1) is 0 Å². The van der Waals surface area contributed by atoms with E-state index in [0.29, 0.717) is 35.4 Å². The standard InChI is InChI=1S/C19H24N4O4S/c1-12-9-23(10-13(2)27-12)17(24)8-14-11-28-19(20-14)22-18(25)21-15-6-4-5-7-16(15)26-3/h4-7,11-13H,8-10H2,1-3H3,(H2,20,21,22,25). The maximum atomic E-state index is 12.5. The third-order valence-corrected chi connectivity index (χ3v) is 5.04. The van der Waals surface area contributed by atoms with Crippen molar-refractivity contribution in [3.63, 3.8) is 0 Å². The molecule has 0 spiro atoms. The van der Waals surface area contributed by atoms with E-state index in [1.807, 2.05) is 19.9 Å². The number of aromatic nitrogens is 1. The summed E-state index contributed by atoms with van der Waals surface area (Å²) in [7, 11) is 1.54. The Bertz CT molecular complexity index is 831. The SMILES string of the molecule is COc1ccccc1NC(=O)Nc1nc(CC(=O)N2CC(C)OC(C)C2)cs1. The molecule has 8 nitrogen and oxygen atoms in total. The molecule has 0 bridgehead atoms. The van der Waals surface area contributed by atoms with Gasteiger partial charge in [0.2, 0.25) is 5.91 Å². The van der Waals surface area contributed by atoms with Crippen molar-refractivity contribution in [2.75, 3.05) is 30.8 Å². The zero-order chi connectivity index (χ0) is 20.1. The molecule has 1 aromatic carbocycles. The van der Waals surface area contributed by atoms with E-state index in [-0.39, 0.29) is 24.5 Å². The molecule has 150 valence electrons. The van der Waals surface area contributed by atoms with Crippen LogP contribution in [-0.4, -0.2) is 54.2 Å². The summed E-state index contributed by atoms with van der Waals surface area (Å²) in [5.41, 5.74) is 1.19. The average molecular weight is 404 g/mol. The Morgan fingerprint density at radius 1 is 1.25 bits per heavy atom. The maximum Gasteiger partial charge on any atom is 0.325 e. The number of benzene rings is 1. The number of carbonyl (C=O) groups excluding carboxylic acids is 2. The number of anilines is 2. The van der Waals surface area contributed by atoms with E-state index in [1.165, 1.54) is 11.3 Å². The number of hydrogen-bond donors (Lipinski definition) is 2. The van der Waals surface area contributed by atoms with Crippen molar-refractivity contribution in [1.82, 2.24) is 9.88 Å². The first-order chi connectivity index (χ1) is 13.4. The molecule has 2 unspecified atom stereocenters. The number of methoxy groups -OCH3 is 1. The number of thiazole rings is 1. The largest absolute Gasteiger partial charge is 0.495 e. The van der Waals surface area contributed by atoms with Gasteiger partial charge in [0.25, 0.3) is 0 Å². The van der Waals surface area contributed by atoms with Crippen LogP contribution in [0.4, 0.5) is 15.6 Å². The summed E-state index contributed by atoms with van der Waals surface area (Å²) in [6.45, 7) is 5.09. The molecule has 0 saturated carbocycles. The Balaban J connectivity index is 1.55. The van der Waals surface area contributed by atoms with Crippen LogP contribution in [0.5, 0.6) is 5.75 Å². The van der Waals surface area contributed by atoms with Crippen molar-refractivity contribution < 1.29 is 19.1 Å². The molecular weight excluding hydrogens is 380 g/mol. The van der Waals surface area contributed by atoms with Crippen molar-refractivity contribution in [2.45, 2.75) is 32.5 Å². The number of carbonyl (C=O) groups is 2. The van der Waals surface area contributed by atoms with E-state index in [2.05, 4.69) is 15.6 Å². The molecule has 3 rings (SSSR count). The molecule has 9 heteroatoms. The van der Waals surface area contributed by atoms with E-state index >= 15 is 0 Å². The van der Waals surface area contributed by atoms with Gasteiger partial charge in [-0.05, 0) is 26.0 Å². The molecule has 2 aromatic rings. The highest BCUT2D eigenvalue weighted by molar-refractivity contribution is 7.14. The van der Waals surface area contributed by atoms with E-state index in [1.54, 1.807) is 35.6 Å². The molecule has 1 saturated heterocycles. The lowest BCUT2D eigenvalue weighted by Gasteiger charge is -2.35. The third kappa shape index (κ3) is 5.20. The highest BCUT2D eigenvalue weighted by Gasteiger charge is 2.26. The van der Waals surface area contributed by atoms with Crippen molar-refractivity contribution in [3.05, 3.63) is 35.3 Å². The molecule has 0 aliphatic carbocycles. The Hall–Kier alpha value is -2.65. The zero-order valence-corrected chi connectivity index (χ0v) is 16.9. The van der Waals surface area contributed by atoms with Gasteiger partial charge in [-0.15, -0.1) is 11.3 Å². The van der Waals surface area contributed by atoms with E-state index < -0.39 is 6.03 Å². The molecule has 0 radical (unpaired) electrons. The molecular formula is C19H24N4O4S. The highest BCUT2D eigenvalue weighted by atomic mass is 32.1. The van der Waals surface area contributed by atoms with Gasteiger partial charge in [0, 0.05) is 18.5 Å². The molecule has 1 aliphatic heterocycles. The fraction of sp³-hybridized carbons (Fsp3) is 0.421. The minimum absolute atomic E-state index is 0.0114. The Kier molecular flexibility index (Phi) is 6.48. The quantitative estimate of drug-likeness (QED) is 0.799. The van der Waals surface area contributed by atoms with Crippen LogP contribution in [0.2, 0.25) is 0 Å². The summed E-state index contributed by atoms with van der Waals surface area (Å²) in [6, 6.07) is 6.71. The summed E-state index contributed by atoms with van der Waals surface area (Å²) in [5, 5.41) is 7.62. The average Bonchev–Trinajstić information content (AvgIpc) is 3.08. The second-order valence-corrected chi connectivity index (χ2v) is 7.51. The predicted octanol–water partition coefficient (Wildman–Crippen LogP) is 2.97. The van der Waals surface area contributed by atoms with Crippen LogP contribution in [0.3, 0.4) is 0 Å². The van der Waals surface area contributed by atoms with Crippen LogP contribution in [0.25, 0.3) is 0 Å². The van der Waals surface area contributed by atoms with Gasteiger partial charge in [0.15, 0.2) is 5.13 Å². The molecule has 2 N–H and O–H groups in total. The van der Waals surface area contributed by atoms with Crippen LogP contribution < -0.4 is 15.4 Å². The minimum atomic E-state index is -0.424. The van der Waals surface area contributed by atoms with Gasteiger partial charge < -0.3 is 19.7 Å². The van der Waals surface area contributed by atoms with Crippen molar-refractivity contribution in [1.29, 1.82) is 0 Å². The summed E-state index contributed by atoms with van der Waals surface area (Å²) in [5.74, 6) is 0.578. The Morgan fingerprint density at radius 3 is 2.68 bits per heavy atom. The van der Waals surface area contributed by atoms with Gasteiger partial charge in [-0.25, -0.2) is 9.78 Å². The number of rotatable bonds is 5. The Labute approximate surface area is 167 Å². The molecule has 2 heterocycles. The monoisotopic (exact) mass is 404 g/mol. The fourth-order valence-electron chi connectivity index (χ4n) is 3.09. The molecule has 3 amide bonds. The second kappa shape index (κ2) is 9.03. The molecule has 2 atom stereocenters. The molecule has 1 aromatic heterocycles. The number of urea groups is 1. The molecule has 28 heavy (non-hydrogen) atoms. The first-order valence-electron chi connectivity index (χ1n) is 9.03. The number of nitrogens with zero attached hydrogens (tertiary/aromatic N) is 2. The molecule has 1 aliphatic rings. The number of hydrogen-bond acceptors (Lipinski definition) is 6. The Morgan fingerprint density at radius 2 is 1.96 bits per heavy atom. The number of ether oxygens (including phenoxy) is 2. The topological polar surface area (TPSA) is 92.8 Å². The number of amides is 3. The lowest BCUT2D eigenvalue weighted by molar-refractivity contribution is -0.142. The third-order valence-electron chi connectivity index (χ3n) is 4.23. The van der Waals surface area contributed by atoms with Crippen molar-refractivity contribution >= 4 is 34.1 Å². The lowest BCUT2D eigenvalue weighted by Crippen LogP contribution is -2.48.